The second-order valence-electron chi connectivity index (χ2n) is 4.88. The summed E-state index contributed by atoms with van der Waals surface area (Å²) in [6.45, 7) is 2.24. The number of nitrogens with zero attached hydrogens (tertiary/aromatic N) is 1. The van der Waals surface area contributed by atoms with Gasteiger partial charge in [-0.2, -0.15) is 4.99 Å². The molecule has 0 spiro atoms. The van der Waals surface area contributed by atoms with E-state index in [-0.39, 0.29) is 0 Å². The molecule has 0 unspecified atom stereocenters. The number of rotatable bonds is 10. The van der Waals surface area contributed by atoms with E-state index in [0.717, 1.165) is 17.7 Å². The van der Waals surface area contributed by atoms with Gasteiger partial charge in [-0.05, 0) is 24.5 Å². The molecule has 0 aliphatic carbocycles. The van der Waals surface area contributed by atoms with Crippen LogP contribution < -0.4 is 0 Å². The van der Waals surface area contributed by atoms with Gasteiger partial charge in [0.1, 0.15) is 0 Å². The molecule has 0 fully saturated rings. The van der Waals surface area contributed by atoms with E-state index in [1.807, 2.05) is 24.3 Å². The van der Waals surface area contributed by atoms with Crippen LogP contribution in [0.15, 0.2) is 29.3 Å². The van der Waals surface area contributed by atoms with Crippen molar-refractivity contribution in [3.05, 3.63) is 36.2 Å². The van der Waals surface area contributed by atoms with Gasteiger partial charge in [0.15, 0.2) is 0 Å². The van der Waals surface area contributed by atoms with E-state index in [1.165, 1.54) is 44.9 Å². The Morgan fingerprint density at radius 3 is 2.47 bits per heavy atom. The van der Waals surface area contributed by atoms with Gasteiger partial charge in [0, 0.05) is 0 Å². The van der Waals surface area contributed by atoms with Crippen LogP contribution in [0.25, 0.3) is 0 Å². The third kappa shape index (κ3) is 6.93. The smallest absolute Gasteiger partial charge is 0.211 e. The maximum Gasteiger partial charge on any atom is 0.240 e. The van der Waals surface area contributed by atoms with E-state index in [1.54, 1.807) is 6.08 Å². The summed E-state index contributed by atoms with van der Waals surface area (Å²) in [6.07, 6.45) is 14.1. The Hall–Kier alpha value is -1.40. The summed E-state index contributed by atoms with van der Waals surface area (Å²) in [4.78, 5) is 14.0. The first-order valence-electron chi connectivity index (χ1n) is 7.38. The molecule has 1 aromatic carbocycles. The number of isocyanates is 1. The van der Waals surface area contributed by atoms with Crippen molar-refractivity contribution >= 4 is 11.8 Å². The highest BCUT2D eigenvalue weighted by Gasteiger charge is 2.00. The fraction of sp³-hybridized carbons (Fsp3) is 0.529. The lowest BCUT2D eigenvalue weighted by Gasteiger charge is -2.04. The number of para-hydroxylation sites is 1. The van der Waals surface area contributed by atoms with E-state index >= 15 is 0 Å². The number of benzene rings is 1. The minimum Gasteiger partial charge on any atom is -0.211 e. The Kier molecular flexibility index (Phi) is 8.67. The highest BCUT2D eigenvalue weighted by Crippen LogP contribution is 2.22. The predicted molar refractivity (Wildman–Crippen MR) is 80.2 cm³/mol. The Bertz CT molecular complexity index is 394. The maximum absolute atomic E-state index is 10.3. The molecule has 2 nitrogen and oxygen atoms in total. The molecule has 1 rings (SSSR count). The summed E-state index contributed by atoms with van der Waals surface area (Å²) in [7, 11) is 0. The molecule has 0 aromatic heterocycles. The number of aliphatic imine (C=N–C) groups is 1. The first-order valence-corrected chi connectivity index (χ1v) is 7.38. The van der Waals surface area contributed by atoms with Gasteiger partial charge in [0.05, 0.1) is 5.69 Å². The van der Waals surface area contributed by atoms with Gasteiger partial charge in [-0.15, -0.1) is 0 Å². The van der Waals surface area contributed by atoms with E-state index in [2.05, 4.69) is 18.3 Å². The Balaban J connectivity index is 2.17. The summed E-state index contributed by atoms with van der Waals surface area (Å²) in [6, 6.07) is 7.71. The van der Waals surface area contributed by atoms with Crippen LogP contribution in [0.3, 0.4) is 0 Å². The lowest BCUT2D eigenvalue weighted by molar-refractivity contribution is 0.565. The van der Waals surface area contributed by atoms with Gasteiger partial charge in [-0.1, -0.05) is 70.1 Å². The van der Waals surface area contributed by atoms with Crippen LogP contribution in [-0.2, 0) is 4.79 Å². The topological polar surface area (TPSA) is 29.4 Å². The second-order valence-corrected chi connectivity index (χ2v) is 4.88. The first-order chi connectivity index (χ1) is 9.38. The Morgan fingerprint density at radius 1 is 1.05 bits per heavy atom. The average Bonchev–Trinajstić information content (AvgIpc) is 2.44. The quantitative estimate of drug-likeness (QED) is 0.316. The van der Waals surface area contributed by atoms with E-state index in [9.17, 15) is 4.79 Å². The van der Waals surface area contributed by atoms with Crippen LogP contribution in [0.4, 0.5) is 5.69 Å². The number of carbonyl (C=O) groups excluding carboxylic acids is 1. The summed E-state index contributed by atoms with van der Waals surface area (Å²) in [5.41, 5.74) is 1.76. The maximum atomic E-state index is 10.3. The van der Waals surface area contributed by atoms with Crippen molar-refractivity contribution in [1.29, 1.82) is 0 Å². The fourth-order valence-electron chi connectivity index (χ4n) is 2.17. The van der Waals surface area contributed by atoms with Gasteiger partial charge in [0.25, 0.3) is 0 Å². The van der Waals surface area contributed by atoms with Crippen LogP contribution in [0.5, 0.6) is 0 Å². The van der Waals surface area contributed by atoms with E-state index < -0.39 is 0 Å². The van der Waals surface area contributed by atoms with E-state index in [4.69, 9.17) is 0 Å². The van der Waals surface area contributed by atoms with Crippen molar-refractivity contribution in [1.82, 2.24) is 0 Å². The van der Waals surface area contributed by atoms with Gasteiger partial charge >= 0.3 is 0 Å². The largest absolute Gasteiger partial charge is 0.240 e. The standard InChI is InChI=1S/C17H24NO/c1-2-3-4-5-6-7-8-9-12-16-13-10-11-14-17(16)18-15-19/h10-14H,2-9H2,1H3. The molecule has 0 aliphatic heterocycles. The van der Waals surface area contributed by atoms with Crippen molar-refractivity contribution < 1.29 is 4.79 Å². The summed E-state index contributed by atoms with van der Waals surface area (Å²) < 4.78 is 0. The molecule has 0 saturated heterocycles. The summed E-state index contributed by atoms with van der Waals surface area (Å²) >= 11 is 0. The number of hydrogen-bond acceptors (Lipinski definition) is 2. The Morgan fingerprint density at radius 2 is 1.74 bits per heavy atom. The number of hydrogen-bond donors (Lipinski definition) is 0. The average molecular weight is 258 g/mol. The van der Waals surface area contributed by atoms with Crippen molar-refractivity contribution in [2.24, 2.45) is 4.99 Å². The van der Waals surface area contributed by atoms with Gasteiger partial charge in [0.2, 0.25) is 6.08 Å². The lowest BCUT2D eigenvalue weighted by atomic mass is 10.0. The normalized spacial score (nSPS) is 10.2. The zero-order chi connectivity index (χ0) is 13.8. The molecule has 19 heavy (non-hydrogen) atoms. The minimum absolute atomic E-state index is 0.723. The Labute approximate surface area is 117 Å². The predicted octanol–water partition coefficient (Wildman–Crippen LogP) is 5.35. The molecular weight excluding hydrogens is 234 g/mol. The van der Waals surface area contributed by atoms with Crippen LogP contribution in [0, 0.1) is 6.42 Å². The zero-order valence-corrected chi connectivity index (χ0v) is 11.9. The van der Waals surface area contributed by atoms with Crippen molar-refractivity contribution in [2.45, 2.75) is 58.3 Å². The summed E-state index contributed by atoms with van der Waals surface area (Å²) in [5.74, 6) is 0. The highest BCUT2D eigenvalue weighted by molar-refractivity contribution is 5.55. The van der Waals surface area contributed by atoms with Crippen LogP contribution in [-0.4, -0.2) is 6.08 Å². The van der Waals surface area contributed by atoms with Gasteiger partial charge in [-0.3, -0.25) is 0 Å². The van der Waals surface area contributed by atoms with Crippen molar-refractivity contribution in [3.63, 3.8) is 0 Å². The van der Waals surface area contributed by atoms with Gasteiger partial charge in [-0.25, -0.2) is 4.79 Å². The highest BCUT2D eigenvalue weighted by atomic mass is 16.1. The minimum atomic E-state index is 0.723. The molecule has 103 valence electrons. The monoisotopic (exact) mass is 258 g/mol. The lowest BCUT2D eigenvalue weighted by Crippen LogP contribution is -1.85. The molecule has 0 heterocycles. The second kappa shape index (κ2) is 10.5. The molecule has 0 aliphatic rings. The number of unbranched alkanes of at least 4 members (excludes halogenated alkanes) is 7. The van der Waals surface area contributed by atoms with Crippen molar-refractivity contribution in [3.8, 4) is 0 Å². The SMILES string of the molecule is CCCCCCCCC[CH]c1ccccc1N=C=O. The molecular formula is C17H24NO. The van der Waals surface area contributed by atoms with Crippen LogP contribution >= 0.6 is 0 Å². The third-order valence-corrected chi connectivity index (χ3v) is 3.27. The molecule has 0 bridgehead atoms. The first kappa shape index (κ1) is 15.7. The molecule has 0 N–H and O–H groups in total. The molecule has 0 atom stereocenters. The molecule has 2 heteroatoms. The third-order valence-electron chi connectivity index (χ3n) is 3.27. The zero-order valence-electron chi connectivity index (χ0n) is 11.9. The van der Waals surface area contributed by atoms with Gasteiger partial charge < -0.3 is 0 Å². The molecule has 0 saturated carbocycles. The molecule has 1 radical (unpaired) electrons. The van der Waals surface area contributed by atoms with E-state index in [0.29, 0.717) is 0 Å². The van der Waals surface area contributed by atoms with Crippen molar-refractivity contribution in [2.75, 3.05) is 0 Å². The molecule has 1 aromatic rings. The fourth-order valence-corrected chi connectivity index (χ4v) is 2.17. The van der Waals surface area contributed by atoms with Crippen LogP contribution in [0.1, 0.15) is 63.9 Å². The summed E-state index contributed by atoms with van der Waals surface area (Å²) in [5, 5.41) is 0. The molecule has 0 amide bonds. The van der Waals surface area contributed by atoms with Crippen LogP contribution in [0.2, 0.25) is 0 Å².